The summed E-state index contributed by atoms with van der Waals surface area (Å²) in [6.07, 6.45) is 0. The van der Waals surface area contributed by atoms with E-state index in [1.165, 1.54) is 0 Å². The summed E-state index contributed by atoms with van der Waals surface area (Å²) in [7, 11) is 2.62. The third-order valence-corrected chi connectivity index (χ3v) is 5.38. The molecule has 0 radical (unpaired) electrons. The summed E-state index contributed by atoms with van der Waals surface area (Å²) < 4.78 is 28.7. The Morgan fingerprint density at radius 3 is 2.00 bits per heavy atom. The molecule has 0 spiro atoms. The Bertz CT molecular complexity index is 833. The van der Waals surface area contributed by atoms with Crippen LogP contribution in [-0.4, -0.2) is 37.6 Å². The number of methoxy groups -OCH3 is 2. The molecule has 1 saturated heterocycles. The van der Waals surface area contributed by atoms with Crippen molar-refractivity contribution in [1.29, 1.82) is 0 Å². The lowest BCUT2D eigenvalue weighted by Crippen LogP contribution is -2.41. The van der Waals surface area contributed by atoms with Gasteiger partial charge in [-0.3, -0.25) is 0 Å². The summed E-state index contributed by atoms with van der Waals surface area (Å²) in [6.45, 7) is 7.85. The van der Waals surface area contributed by atoms with E-state index < -0.39 is 18.3 Å². The van der Waals surface area contributed by atoms with Crippen molar-refractivity contribution < 1.29 is 28.6 Å². The zero-order valence-electron chi connectivity index (χ0n) is 17.2. The van der Waals surface area contributed by atoms with E-state index in [1.54, 1.807) is 38.5 Å². The quantitative estimate of drug-likeness (QED) is 0.769. The molecular weight excluding hydrogens is 359 g/mol. The van der Waals surface area contributed by atoms with Gasteiger partial charge in [0.05, 0.1) is 32.0 Å². The van der Waals surface area contributed by atoms with Gasteiger partial charge in [0.2, 0.25) is 0 Å². The molecule has 0 atom stereocenters. The second kappa shape index (κ2) is 7.66. The summed E-state index contributed by atoms with van der Waals surface area (Å²) in [5.74, 6) is 2.40. The fourth-order valence-corrected chi connectivity index (χ4v) is 3.00. The molecule has 0 saturated carbocycles. The van der Waals surface area contributed by atoms with E-state index in [2.05, 4.69) is 0 Å². The first kappa shape index (κ1) is 20.5. The zero-order valence-corrected chi connectivity index (χ0v) is 17.2. The van der Waals surface area contributed by atoms with Crippen molar-refractivity contribution in [3.05, 3.63) is 42.0 Å². The van der Waals surface area contributed by atoms with Gasteiger partial charge in [0, 0.05) is 6.07 Å². The van der Waals surface area contributed by atoms with Crippen LogP contribution in [0.3, 0.4) is 0 Å². The van der Waals surface area contributed by atoms with E-state index in [-0.39, 0.29) is 6.61 Å². The highest BCUT2D eigenvalue weighted by molar-refractivity contribution is 6.62. The predicted molar refractivity (Wildman–Crippen MR) is 108 cm³/mol. The monoisotopic (exact) mass is 386 g/mol. The molecule has 0 aromatic heterocycles. The second-order valence-electron chi connectivity index (χ2n) is 7.73. The molecule has 28 heavy (non-hydrogen) atoms. The SMILES string of the molecule is COc1ccc(Oc2ccc(B3OC(C)(C)C(C)(C)O3)c(CO)c2)cc1OC. The average Bonchev–Trinajstić information content (AvgIpc) is 2.88. The Morgan fingerprint density at radius 1 is 0.857 bits per heavy atom. The number of rotatable bonds is 6. The lowest BCUT2D eigenvalue weighted by Gasteiger charge is -2.32. The topological polar surface area (TPSA) is 66.4 Å². The number of ether oxygens (including phenoxy) is 3. The van der Waals surface area contributed by atoms with E-state index in [0.717, 1.165) is 5.46 Å². The highest BCUT2D eigenvalue weighted by Crippen LogP contribution is 2.37. The van der Waals surface area contributed by atoms with E-state index in [0.29, 0.717) is 28.6 Å². The van der Waals surface area contributed by atoms with Gasteiger partial charge in [-0.15, -0.1) is 0 Å². The van der Waals surface area contributed by atoms with Gasteiger partial charge in [-0.1, -0.05) is 6.07 Å². The molecule has 3 rings (SSSR count). The van der Waals surface area contributed by atoms with E-state index in [1.807, 2.05) is 39.8 Å². The van der Waals surface area contributed by atoms with Crippen molar-refractivity contribution in [3.63, 3.8) is 0 Å². The van der Waals surface area contributed by atoms with Crippen LogP contribution in [0.2, 0.25) is 0 Å². The van der Waals surface area contributed by atoms with Crippen LogP contribution in [0.1, 0.15) is 33.3 Å². The van der Waals surface area contributed by atoms with Gasteiger partial charge in [-0.25, -0.2) is 0 Å². The van der Waals surface area contributed by atoms with Crippen molar-refractivity contribution in [2.24, 2.45) is 0 Å². The first-order valence-electron chi connectivity index (χ1n) is 9.20. The number of aliphatic hydroxyl groups excluding tert-OH is 1. The maximum atomic E-state index is 9.88. The number of aliphatic hydroxyl groups is 1. The third kappa shape index (κ3) is 3.83. The highest BCUT2D eigenvalue weighted by atomic mass is 16.7. The first-order valence-corrected chi connectivity index (χ1v) is 9.20. The third-order valence-electron chi connectivity index (χ3n) is 5.38. The Kier molecular flexibility index (Phi) is 5.61. The number of hydrogen-bond donors (Lipinski definition) is 1. The summed E-state index contributed by atoms with van der Waals surface area (Å²) in [6, 6.07) is 10.8. The molecule has 0 amide bonds. The van der Waals surface area contributed by atoms with Crippen LogP contribution >= 0.6 is 0 Å². The summed E-state index contributed by atoms with van der Waals surface area (Å²) in [5.41, 5.74) is 0.593. The molecule has 1 aliphatic heterocycles. The van der Waals surface area contributed by atoms with Crippen LogP contribution in [0.15, 0.2) is 36.4 Å². The Morgan fingerprint density at radius 2 is 1.43 bits per heavy atom. The van der Waals surface area contributed by atoms with Crippen molar-refractivity contribution >= 4 is 12.6 Å². The van der Waals surface area contributed by atoms with Crippen molar-refractivity contribution in [1.82, 2.24) is 0 Å². The molecule has 2 aromatic carbocycles. The average molecular weight is 386 g/mol. The molecule has 150 valence electrons. The molecule has 0 aliphatic carbocycles. The summed E-state index contributed by atoms with van der Waals surface area (Å²) in [5, 5.41) is 9.88. The predicted octanol–water partition coefficient (Wildman–Crippen LogP) is 3.29. The molecule has 6 nitrogen and oxygen atoms in total. The summed E-state index contributed by atoms with van der Waals surface area (Å²) in [4.78, 5) is 0. The first-order chi connectivity index (χ1) is 13.2. The lowest BCUT2D eigenvalue weighted by atomic mass is 9.76. The fraction of sp³-hybridized carbons (Fsp3) is 0.429. The van der Waals surface area contributed by atoms with Crippen LogP contribution in [0.4, 0.5) is 0 Å². The van der Waals surface area contributed by atoms with Gasteiger partial charge in [0.1, 0.15) is 11.5 Å². The minimum Gasteiger partial charge on any atom is -0.493 e. The van der Waals surface area contributed by atoms with Crippen molar-refractivity contribution in [3.8, 4) is 23.0 Å². The smallest absolute Gasteiger partial charge is 0.493 e. The Labute approximate surface area is 166 Å². The molecule has 1 heterocycles. The Balaban J connectivity index is 1.84. The van der Waals surface area contributed by atoms with Crippen LogP contribution in [0.5, 0.6) is 23.0 Å². The largest absolute Gasteiger partial charge is 0.495 e. The van der Waals surface area contributed by atoms with Gasteiger partial charge < -0.3 is 28.6 Å². The van der Waals surface area contributed by atoms with E-state index >= 15 is 0 Å². The molecule has 7 heteroatoms. The van der Waals surface area contributed by atoms with Crippen LogP contribution < -0.4 is 19.7 Å². The molecule has 1 aliphatic rings. The maximum Gasteiger partial charge on any atom is 0.495 e. The van der Waals surface area contributed by atoms with Crippen molar-refractivity contribution in [2.45, 2.75) is 45.5 Å². The van der Waals surface area contributed by atoms with Crippen LogP contribution in [0, 0.1) is 0 Å². The lowest BCUT2D eigenvalue weighted by molar-refractivity contribution is 0.00578. The highest BCUT2D eigenvalue weighted by Gasteiger charge is 2.52. The zero-order chi connectivity index (χ0) is 20.5. The molecule has 1 N–H and O–H groups in total. The minimum atomic E-state index is -0.540. The second-order valence-corrected chi connectivity index (χ2v) is 7.73. The summed E-state index contributed by atoms with van der Waals surface area (Å²) >= 11 is 0. The standard InChI is InChI=1S/C21H27BO6/c1-20(2)21(3,4)28-22(27-20)17-9-7-15(11-14(17)13-23)26-16-8-10-18(24-5)19(12-16)25-6/h7-12,23H,13H2,1-6H3. The molecule has 0 unspecified atom stereocenters. The molecule has 0 bridgehead atoms. The normalized spacial score (nSPS) is 17.5. The fourth-order valence-electron chi connectivity index (χ4n) is 3.00. The minimum absolute atomic E-state index is 0.150. The van der Waals surface area contributed by atoms with Crippen LogP contribution in [-0.2, 0) is 15.9 Å². The van der Waals surface area contributed by atoms with Gasteiger partial charge >= 0.3 is 7.12 Å². The van der Waals surface area contributed by atoms with E-state index in [9.17, 15) is 5.11 Å². The van der Waals surface area contributed by atoms with Crippen molar-refractivity contribution in [2.75, 3.05) is 14.2 Å². The molecule has 2 aromatic rings. The van der Waals surface area contributed by atoms with Crippen LogP contribution in [0.25, 0.3) is 0 Å². The maximum absolute atomic E-state index is 9.88. The number of hydrogen-bond acceptors (Lipinski definition) is 6. The van der Waals surface area contributed by atoms with Gasteiger partial charge in [0.15, 0.2) is 11.5 Å². The van der Waals surface area contributed by atoms with Gasteiger partial charge in [0.25, 0.3) is 0 Å². The molecular formula is C21H27BO6. The molecule has 1 fully saturated rings. The Hall–Kier alpha value is -2.22. The number of benzene rings is 2. The van der Waals surface area contributed by atoms with Gasteiger partial charge in [-0.05, 0) is 63.0 Å². The van der Waals surface area contributed by atoms with E-state index in [4.69, 9.17) is 23.5 Å². The van der Waals surface area contributed by atoms with Gasteiger partial charge in [-0.2, -0.15) is 0 Å².